The number of benzene rings is 1. The molecule has 21 heavy (non-hydrogen) atoms. The van der Waals surface area contributed by atoms with Crippen LogP contribution in [0.25, 0.3) is 0 Å². The van der Waals surface area contributed by atoms with E-state index in [1.807, 2.05) is 30.3 Å². The predicted octanol–water partition coefficient (Wildman–Crippen LogP) is 1.96. The molecule has 0 aliphatic rings. The Morgan fingerprint density at radius 2 is 1.90 bits per heavy atom. The molecule has 0 bridgehead atoms. The minimum absolute atomic E-state index is 0.144. The molecule has 1 aromatic rings. The van der Waals surface area contributed by atoms with Crippen LogP contribution in [0.5, 0.6) is 0 Å². The van der Waals surface area contributed by atoms with Crippen molar-refractivity contribution in [2.45, 2.75) is 31.7 Å². The zero-order valence-electron chi connectivity index (χ0n) is 12.6. The first-order chi connectivity index (χ1) is 10.1. The van der Waals surface area contributed by atoms with Gasteiger partial charge < -0.3 is 14.7 Å². The third-order valence-electron chi connectivity index (χ3n) is 3.41. The molecule has 116 valence electrons. The average Bonchev–Trinajstić information content (AvgIpc) is 2.49. The van der Waals surface area contributed by atoms with Gasteiger partial charge >= 0.3 is 5.97 Å². The van der Waals surface area contributed by atoms with Gasteiger partial charge in [-0.25, -0.2) is 4.79 Å². The molecule has 1 unspecified atom stereocenters. The predicted molar refractivity (Wildman–Crippen MR) is 80.1 cm³/mol. The zero-order chi connectivity index (χ0) is 15.7. The topological polar surface area (TPSA) is 66.8 Å². The van der Waals surface area contributed by atoms with Crippen LogP contribution in [0.2, 0.25) is 0 Å². The highest BCUT2D eigenvalue weighted by atomic mass is 16.5. The first-order valence-corrected chi connectivity index (χ1v) is 7.07. The quantitative estimate of drug-likeness (QED) is 0.707. The van der Waals surface area contributed by atoms with Crippen molar-refractivity contribution >= 4 is 11.9 Å². The number of hydrogen-bond donors (Lipinski definition) is 1. The molecule has 0 saturated carbocycles. The van der Waals surface area contributed by atoms with Crippen LogP contribution in [-0.2, 0) is 20.7 Å². The Kier molecular flexibility index (Phi) is 7.46. The van der Waals surface area contributed by atoms with E-state index >= 15 is 0 Å². The van der Waals surface area contributed by atoms with E-state index in [1.54, 1.807) is 14.2 Å². The number of hydrogen-bond acceptors (Lipinski definition) is 3. The Morgan fingerprint density at radius 1 is 1.24 bits per heavy atom. The van der Waals surface area contributed by atoms with E-state index in [2.05, 4.69) is 0 Å². The lowest BCUT2D eigenvalue weighted by atomic mass is 10.0. The molecule has 0 spiro atoms. The molecule has 1 amide bonds. The molecule has 0 saturated heterocycles. The first kappa shape index (κ1) is 17.2. The lowest BCUT2D eigenvalue weighted by Gasteiger charge is -2.25. The Morgan fingerprint density at radius 3 is 2.48 bits per heavy atom. The van der Waals surface area contributed by atoms with Crippen LogP contribution in [0.1, 0.15) is 24.8 Å². The van der Waals surface area contributed by atoms with Crippen LogP contribution in [0.15, 0.2) is 30.3 Å². The number of methoxy groups -OCH3 is 1. The number of carboxylic acid groups (broad SMARTS) is 1. The van der Waals surface area contributed by atoms with Gasteiger partial charge in [-0.15, -0.1) is 0 Å². The average molecular weight is 293 g/mol. The first-order valence-electron chi connectivity index (χ1n) is 7.07. The van der Waals surface area contributed by atoms with E-state index in [-0.39, 0.29) is 5.91 Å². The molecule has 0 aliphatic heterocycles. The third-order valence-corrected chi connectivity index (χ3v) is 3.41. The third kappa shape index (κ3) is 5.95. The van der Waals surface area contributed by atoms with Gasteiger partial charge in [-0.2, -0.15) is 0 Å². The molecule has 0 aliphatic carbocycles. The van der Waals surface area contributed by atoms with Crippen LogP contribution in [0.4, 0.5) is 0 Å². The number of nitrogens with zero attached hydrogens (tertiary/aromatic N) is 1. The molecule has 5 heteroatoms. The van der Waals surface area contributed by atoms with Crippen LogP contribution in [0.3, 0.4) is 0 Å². The fraction of sp³-hybridized carbons (Fsp3) is 0.500. The van der Waals surface area contributed by atoms with Gasteiger partial charge in [0.15, 0.2) is 0 Å². The zero-order valence-corrected chi connectivity index (χ0v) is 12.6. The lowest BCUT2D eigenvalue weighted by molar-refractivity contribution is -0.149. The molecule has 0 radical (unpaired) electrons. The number of likely N-dealkylation sites (N-methyl/N-ethyl adjacent to an activating group) is 1. The number of unbranched alkanes of at least 4 members (excludes halogenated alkanes) is 1. The van der Waals surface area contributed by atoms with Crippen molar-refractivity contribution in [2.24, 2.45) is 0 Å². The molecule has 1 aromatic carbocycles. The highest BCUT2D eigenvalue weighted by Crippen LogP contribution is 2.10. The summed E-state index contributed by atoms with van der Waals surface area (Å²) in [4.78, 5) is 24.8. The number of carbonyl (C=O) groups is 2. The maximum absolute atomic E-state index is 12.1. The summed E-state index contributed by atoms with van der Waals surface area (Å²) in [5.41, 5.74) is 0.906. The maximum Gasteiger partial charge on any atom is 0.326 e. The molecule has 0 heterocycles. The molecule has 1 N–H and O–H groups in total. The van der Waals surface area contributed by atoms with Gasteiger partial charge in [-0.3, -0.25) is 4.79 Å². The number of rotatable bonds is 9. The van der Waals surface area contributed by atoms with Gasteiger partial charge in [0.2, 0.25) is 5.91 Å². The number of amides is 1. The van der Waals surface area contributed by atoms with Crippen molar-refractivity contribution in [3.8, 4) is 0 Å². The highest BCUT2D eigenvalue weighted by Gasteiger charge is 2.26. The Hall–Kier alpha value is -1.88. The summed E-state index contributed by atoms with van der Waals surface area (Å²) in [7, 11) is 3.18. The summed E-state index contributed by atoms with van der Waals surface area (Å²) in [6.07, 6.45) is 2.16. The number of ether oxygens (including phenoxy) is 1. The molecule has 5 nitrogen and oxygen atoms in total. The molecular formula is C16H23NO4. The van der Waals surface area contributed by atoms with E-state index in [4.69, 9.17) is 4.74 Å². The van der Waals surface area contributed by atoms with E-state index in [1.165, 1.54) is 4.90 Å². The van der Waals surface area contributed by atoms with Gasteiger partial charge in [-0.1, -0.05) is 30.3 Å². The summed E-state index contributed by atoms with van der Waals surface area (Å²) in [6.45, 7) is 0.614. The number of carbonyl (C=O) groups excluding carboxylic acids is 1. The largest absolute Gasteiger partial charge is 0.480 e. The monoisotopic (exact) mass is 293 g/mol. The number of aliphatic carboxylic acids is 1. The molecule has 0 fully saturated rings. The number of carboxylic acids is 1. The molecule has 0 aromatic heterocycles. The van der Waals surface area contributed by atoms with Crippen molar-refractivity contribution in [3.63, 3.8) is 0 Å². The Balaban J connectivity index is 2.58. The SMILES string of the molecule is COCCCCC(=O)N(C)C(Cc1ccccc1)C(=O)O. The van der Waals surface area contributed by atoms with Crippen molar-refractivity contribution in [1.29, 1.82) is 0 Å². The molecule has 1 atom stereocenters. The normalized spacial score (nSPS) is 11.9. The van der Waals surface area contributed by atoms with E-state index < -0.39 is 12.0 Å². The smallest absolute Gasteiger partial charge is 0.326 e. The van der Waals surface area contributed by atoms with Crippen LogP contribution < -0.4 is 0 Å². The Bertz CT molecular complexity index is 447. The molecular weight excluding hydrogens is 270 g/mol. The van der Waals surface area contributed by atoms with Crippen LogP contribution in [0, 0.1) is 0 Å². The van der Waals surface area contributed by atoms with Crippen molar-refractivity contribution < 1.29 is 19.4 Å². The lowest BCUT2D eigenvalue weighted by Crippen LogP contribution is -2.43. The maximum atomic E-state index is 12.1. The summed E-state index contributed by atoms with van der Waals surface area (Å²) in [5.74, 6) is -1.12. The summed E-state index contributed by atoms with van der Waals surface area (Å²) >= 11 is 0. The fourth-order valence-corrected chi connectivity index (χ4v) is 2.10. The van der Waals surface area contributed by atoms with Gasteiger partial charge in [0.1, 0.15) is 6.04 Å². The van der Waals surface area contributed by atoms with Crippen molar-refractivity contribution in [2.75, 3.05) is 20.8 Å². The van der Waals surface area contributed by atoms with Gasteiger partial charge in [-0.05, 0) is 18.4 Å². The van der Waals surface area contributed by atoms with Gasteiger partial charge in [0.25, 0.3) is 0 Å². The second-order valence-corrected chi connectivity index (χ2v) is 5.00. The minimum Gasteiger partial charge on any atom is -0.480 e. The fourth-order valence-electron chi connectivity index (χ4n) is 2.10. The van der Waals surface area contributed by atoms with Gasteiger partial charge in [0, 0.05) is 33.6 Å². The summed E-state index contributed by atoms with van der Waals surface area (Å²) in [6, 6.07) is 8.51. The van der Waals surface area contributed by atoms with Crippen LogP contribution >= 0.6 is 0 Å². The molecule has 1 rings (SSSR count). The Labute approximate surface area is 125 Å². The van der Waals surface area contributed by atoms with E-state index in [0.717, 1.165) is 12.0 Å². The van der Waals surface area contributed by atoms with E-state index in [9.17, 15) is 14.7 Å². The summed E-state index contributed by atoms with van der Waals surface area (Å²) in [5, 5.41) is 9.35. The summed E-state index contributed by atoms with van der Waals surface area (Å²) < 4.78 is 4.93. The van der Waals surface area contributed by atoms with Crippen LogP contribution in [-0.4, -0.2) is 48.7 Å². The second kappa shape index (κ2) is 9.13. The van der Waals surface area contributed by atoms with E-state index in [0.29, 0.717) is 25.9 Å². The minimum atomic E-state index is -0.980. The van der Waals surface area contributed by atoms with Gasteiger partial charge in [0.05, 0.1) is 0 Å². The van der Waals surface area contributed by atoms with Crippen molar-refractivity contribution in [1.82, 2.24) is 4.90 Å². The second-order valence-electron chi connectivity index (χ2n) is 5.00. The van der Waals surface area contributed by atoms with Crippen molar-refractivity contribution in [3.05, 3.63) is 35.9 Å². The standard InChI is InChI=1S/C16H23NO4/c1-17(15(18)10-6-7-11-21-2)14(16(19)20)12-13-8-4-3-5-9-13/h3-5,8-9,14H,6-7,10-12H2,1-2H3,(H,19,20). The highest BCUT2D eigenvalue weighted by molar-refractivity contribution is 5.83.